The van der Waals surface area contributed by atoms with E-state index in [1.54, 1.807) is 18.2 Å². The van der Waals surface area contributed by atoms with E-state index in [2.05, 4.69) is 10.6 Å². The van der Waals surface area contributed by atoms with Crippen LogP contribution in [-0.4, -0.2) is 17.9 Å². The number of halogens is 1. The van der Waals surface area contributed by atoms with E-state index in [0.717, 1.165) is 6.42 Å². The maximum absolute atomic E-state index is 13.5. The molecule has 1 aliphatic rings. The Balaban J connectivity index is 2.23. The summed E-state index contributed by atoms with van der Waals surface area (Å²) in [4.78, 5) is 23.9. The van der Waals surface area contributed by atoms with Gasteiger partial charge in [0.15, 0.2) is 0 Å². The summed E-state index contributed by atoms with van der Waals surface area (Å²) in [5.41, 5.74) is 0.333. The highest BCUT2D eigenvalue weighted by molar-refractivity contribution is 6.07. The lowest BCUT2D eigenvalue weighted by Gasteiger charge is -2.28. The zero-order valence-corrected chi connectivity index (χ0v) is 11.4. The minimum absolute atomic E-state index is 0.0500. The smallest absolute Gasteiger partial charge is 0.268 e. The van der Waals surface area contributed by atoms with Gasteiger partial charge in [0.1, 0.15) is 17.6 Å². The number of carbonyl (C=O) groups excluding carboxylic acids is 2. The molecule has 20 heavy (non-hydrogen) atoms. The zero-order valence-electron chi connectivity index (χ0n) is 11.4. The van der Waals surface area contributed by atoms with Crippen LogP contribution in [0.5, 0.6) is 0 Å². The molecule has 1 aliphatic heterocycles. The van der Waals surface area contributed by atoms with Crippen LogP contribution in [-0.2, 0) is 9.59 Å². The van der Waals surface area contributed by atoms with Gasteiger partial charge in [-0.25, -0.2) is 4.39 Å². The van der Waals surface area contributed by atoms with E-state index in [4.69, 9.17) is 0 Å². The number of rotatable bonds is 3. The maximum atomic E-state index is 13.5. The first-order valence-corrected chi connectivity index (χ1v) is 6.61. The molecule has 0 bridgehead atoms. The maximum Gasteiger partial charge on any atom is 0.268 e. The van der Waals surface area contributed by atoms with Crippen molar-refractivity contribution in [2.24, 2.45) is 5.92 Å². The average Bonchev–Trinajstić information content (AvgIpc) is 2.44. The molecule has 5 heteroatoms. The van der Waals surface area contributed by atoms with E-state index in [1.807, 2.05) is 13.8 Å². The van der Waals surface area contributed by atoms with Gasteiger partial charge < -0.3 is 10.6 Å². The summed E-state index contributed by atoms with van der Waals surface area (Å²) in [5, 5.41) is 5.22. The van der Waals surface area contributed by atoms with Crippen LogP contribution in [0.4, 0.5) is 4.39 Å². The van der Waals surface area contributed by atoms with Crippen molar-refractivity contribution in [1.82, 2.24) is 10.6 Å². The van der Waals surface area contributed by atoms with E-state index >= 15 is 0 Å². The Labute approximate surface area is 117 Å². The molecule has 0 aromatic heterocycles. The second-order valence-corrected chi connectivity index (χ2v) is 4.91. The number of carbonyl (C=O) groups is 2. The van der Waals surface area contributed by atoms with Crippen LogP contribution in [0, 0.1) is 11.7 Å². The first-order chi connectivity index (χ1) is 9.52. The molecule has 106 valence electrons. The first-order valence-electron chi connectivity index (χ1n) is 6.61. The third-order valence-corrected chi connectivity index (χ3v) is 3.49. The molecular formula is C15H17FN2O2. The van der Waals surface area contributed by atoms with Crippen LogP contribution in [0.3, 0.4) is 0 Å². The summed E-state index contributed by atoms with van der Waals surface area (Å²) >= 11 is 0. The lowest BCUT2D eigenvalue weighted by molar-refractivity contribution is -0.132. The van der Waals surface area contributed by atoms with Gasteiger partial charge in [-0.15, -0.1) is 0 Å². The Morgan fingerprint density at radius 2 is 2.05 bits per heavy atom. The van der Waals surface area contributed by atoms with Crippen molar-refractivity contribution >= 4 is 17.9 Å². The summed E-state index contributed by atoms with van der Waals surface area (Å²) in [6, 6.07) is 5.54. The van der Waals surface area contributed by atoms with Gasteiger partial charge in [-0.05, 0) is 18.1 Å². The van der Waals surface area contributed by atoms with Crippen LogP contribution < -0.4 is 10.6 Å². The van der Waals surface area contributed by atoms with Crippen molar-refractivity contribution in [3.8, 4) is 0 Å². The van der Waals surface area contributed by atoms with Crippen molar-refractivity contribution in [2.45, 2.75) is 26.3 Å². The summed E-state index contributed by atoms with van der Waals surface area (Å²) in [6.07, 6.45) is 2.13. The second kappa shape index (κ2) is 5.86. The number of amides is 2. The van der Waals surface area contributed by atoms with E-state index < -0.39 is 17.8 Å². The molecule has 2 atom stereocenters. The average molecular weight is 276 g/mol. The highest BCUT2D eigenvalue weighted by atomic mass is 19.1. The molecule has 1 heterocycles. The van der Waals surface area contributed by atoms with E-state index in [0.29, 0.717) is 0 Å². The molecule has 1 aromatic carbocycles. The third kappa shape index (κ3) is 2.87. The van der Waals surface area contributed by atoms with Crippen molar-refractivity contribution in [3.05, 3.63) is 41.3 Å². The topological polar surface area (TPSA) is 58.2 Å². The van der Waals surface area contributed by atoms with Crippen molar-refractivity contribution in [3.63, 3.8) is 0 Å². The Hall–Kier alpha value is -2.17. The van der Waals surface area contributed by atoms with Crippen LogP contribution >= 0.6 is 0 Å². The van der Waals surface area contributed by atoms with Gasteiger partial charge in [-0.2, -0.15) is 0 Å². The van der Waals surface area contributed by atoms with Gasteiger partial charge in [0.05, 0.1) is 0 Å². The molecule has 4 nitrogen and oxygen atoms in total. The Bertz CT molecular complexity index is 569. The predicted octanol–water partition coefficient (Wildman–Crippen LogP) is 1.83. The molecule has 1 fully saturated rings. The van der Waals surface area contributed by atoms with E-state index in [1.165, 1.54) is 12.1 Å². The van der Waals surface area contributed by atoms with Gasteiger partial charge in [-0.1, -0.05) is 38.5 Å². The number of piperazine rings is 1. The molecule has 2 N–H and O–H groups in total. The number of benzene rings is 1. The van der Waals surface area contributed by atoms with E-state index in [-0.39, 0.29) is 23.1 Å². The molecule has 0 aliphatic carbocycles. The summed E-state index contributed by atoms with van der Waals surface area (Å²) < 4.78 is 13.5. The SMILES string of the molecule is CC[C@@H](C)[C@H]1NC(=O)/C(=C\c2ccccc2F)NC1=O. The van der Waals surface area contributed by atoms with Gasteiger partial charge in [0, 0.05) is 5.56 Å². The minimum Gasteiger partial charge on any atom is -0.339 e. The lowest BCUT2D eigenvalue weighted by Crippen LogP contribution is -2.57. The Morgan fingerprint density at radius 3 is 2.70 bits per heavy atom. The molecule has 2 rings (SSSR count). The van der Waals surface area contributed by atoms with Crippen molar-refractivity contribution in [2.75, 3.05) is 0 Å². The fourth-order valence-electron chi connectivity index (χ4n) is 2.04. The molecule has 0 spiro atoms. The number of nitrogens with one attached hydrogen (secondary N) is 2. The van der Waals surface area contributed by atoms with Gasteiger partial charge in [0.25, 0.3) is 5.91 Å². The zero-order chi connectivity index (χ0) is 14.7. The van der Waals surface area contributed by atoms with Gasteiger partial charge >= 0.3 is 0 Å². The lowest BCUT2D eigenvalue weighted by atomic mass is 9.96. The molecule has 1 saturated heterocycles. The summed E-state index contributed by atoms with van der Waals surface area (Å²) in [5.74, 6) is -1.04. The number of hydrogen-bond donors (Lipinski definition) is 2. The summed E-state index contributed by atoms with van der Waals surface area (Å²) in [6.45, 7) is 3.85. The predicted molar refractivity (Wildman–Crippen MR) is 73.9 cm³/mol. The molecule has 0 unspecified atom stereocenters. The molecular weight excluding hydrogens is 259 g/mol. The summed E-state index contributed by atoms with van der Waals surface area (Å²) in [7, 11) is 0. The third-order valence-electron chi connectivity index (χ3n) is 3.49. The largest absolute Gasteiger partial charge is 0.339 e. The number of hydrogen-bond acceptors (Lipinski definition) is 2. The molecule has 2 amide bonds. The monoisotopic (exact) mass is 276 g/mol. The Kier molecular flexibility index (Phi) is 4.17. The minimum atomic E-state index is -0.537. The van der Waals surface area contributed by atoms with Gasteiger partial charge in [-0.3, -0.25) is 9.59 Å². The van der Waals surface area contributed by atoms with Gasteiger partial charge in [0.2, 0.25) is 5.91 Å². The molecule has 1 aromatic rings. The van der Waals surface area contributed by atoms with Crippen LogP contribution in [0.25, 0.3) is 6.08 Å². The highest BCUT2D eigenvalue weighted by Gasteiger charge is 2.32. The van der Waals surface area contributed by atoms with Crippen LogP contribution in [0.1, 0.15) is 25.8 Å². The quantitative estimate of drug-likeness (QED) is 0.827. The van der Waals surface area contributed by atoms with Crippen molar-refractivity contribution in [1.29, 1.82) is 0 Å². The van der Waals surface area contributed by atoms with Crippen molar-refractivity contribution < 1.29 is 14.0 Å². The fraction of sp³-hybridized carbons (Fsp3) is 0.333. The van der Waals surface area contributed by atoms with Crippen LogP contribution in [0.2, 0.25) is 0 Å². The fourth-order valence-corrected chi connectivity index (χ4v) is 2.04. The molecule has 0 saturated carbocycles. The normalized spacial score (nSPS) is 22.4. The second-order valence-electron chi connectivity index (χ2n) is 4.91. The Morgan fingerprint density at radius 1 is 1.35 bits per heavy atom. The van der Waals surface area contributed by atoms with Crippen LogP contribution in [0.15, 0.2) is 30.0 Å². The molecule has 0 radical (unpaired) electrons. The van der Waals surface area contributed by atoms with E-state index in [9.17, 15) is 14.0 Å². The first kappa shape index (κ1) is 14.2. The highest BCUT2D eigenvalue weighted by Crippen LogP contribution is 2.16. The standard InChI is InChI=1S/C15H17FN2O2/c1-3-9(2)13-15(20)17-12(14(19)18-13)8-10-6-4-5-7-11(10)16/h4-9,13H,3H2,1-2H3,(H,17,20)(H,18,19)/b12-8+/t9-,13-/m1/s1.